The first kappa shape index (κ1) is 25.7. The first-order chi connectivity index (χ1) is 18.3. The van der Waals surface area contributed by atoms with Gasteiger partial charge in [0, 0.05) is 43.0 Å². The molecule has 1 aromatic carbocycles. The first-order valence-electron chi connectivity index (χ1n) is 11.8. The summed E-state index contributed by atoms with van der Waals surface area (Å²) in [6.45, 7) is 3.97. The van der Waals surface area contributed by atoms with Crippen LogP contribution < -0.4 is 5.32 Å². The SMILES string of the molecule is CCS(=O)(=O)N1CC(CC#N)(n2cc(-c3nc(Nc4ccc(C)c(/N=C\C=N)c4)nc4ccsc34)cn2)C1. The topological polar surface area (TPSA) is 153 Å². The van der Waals surface area contributed by atoms with E-state index in [1.165, 1.54) is 21.9 Å². The monoisotopic (exact) mass is 547 g/mol. The molecular weight excluding hydrogens is 522 g/mol. The number of nitrogens with zero attached hydrogens (tertiary/aromatic N) is 7. The highest BCUT2D eigenvalue weighted by Gasteiger charge is 2.49. The molecule has 4 aromatic rings. The fourth-order valence-corrected chi connectivity index (χ4v) is 6.45. The van der Waals surface area contributed by atoms with Crippen LogP contribution in [0.2, 0.25) is 0 Å². The Morgan fingerprint density at radius 1 is 1.32 bits per heavy atom. The lowest BCUT2D eigenvalue weighted by atomic mass is 9.89. The summed E-state index contributed by atoms with van der Waals surface area (Å²) < 4.78 is 28.6. The molecule has 5 rings (SSSR count). The molecule has 0 bridgehead atoms. The fourth-order valence-electron chi connectivity index (χ4n) is 4.37. The molecule has 0 radical (unpaired) electrons. The number of nitrogens with one attached hydrogen (secondary N) is 2. The van der Waals surface area contributed by atoms with Crippen LogP contribution in [-0.4, -0.2) is 63.7 Å². The lowest BCUT2D eigenvalue weighted by Gasteiger charge is -2.47. The summed E-state index contributed by atoms with van der Waals surface area (Å²) in [6.07, 6.45) is 6.22. The van der Waals surface area contributed by atoms with Gasteiger partial charge in [-0.25, -0.2) is 18.4 Å². The minimum atomic E-state index is -3.34. The Kier molecular flexibility index (Phi) is 6.78. The van der Waals surface area contributed by atoms with Crippen LogP contribution >= 0.6 is 11.3 Å². The van der Waals surface area contributed by atoms with Crippen molar-refractivity contribution in [1.82, 2.24) is 24.1 Å². The van der Waals surface area contributed by atoms with Gasteiger partial charge in [0.05, 0.1) is 46.0 Å². The lowest BCUT2D eigenvalue weighted by molar-refractivity contribution is 0.0719. The average Bonchev–Trinajstić information content (AvgIpc) is 3.56. The van der Waals surface area contributed by atoms with Gasteiger partial charge in [-0.05, 0) is 43.0 Å². The van der Waals surface area contributed by atoms with Crippen molar-refractivity contribution in [2.75, 3.05) is 24.2 Å². The van der Waals surface area contributed by atoms with Gasteiger partial charge in [0.1, 0.15) is 5.54 Å². The van der Waals surface area contributed by atoms with Crippen molar-refractivity contribution in [1.29, 1.82) is 10.7 Å². The Hall–Kier alpha value is -3.99. The van der Waals surface area contributed by atoms with Crippen molar-refractivity contribution in [2.45, 2.75) is 25.8 Å². The Labute approximate surface area is 224 Å². The zero-order valence-corrected chi connectivity index (χ0v) is 22.4. The number of aliphatic imine (C=N–C) groups is 1. The molecule has 194 valence electrons. The number of sulfonamides is 1. The molecule has 11 nitrogen and oxygen atoms in total. The number of rotatable bonds is 9. The van der Waals surface area contributed by atoms with Crippen molar-refractivity contribution in [3.8, 4) is 17.3 Å². The number of hydrogen-bond acceptors (Lipinski definition) is 10. The number of anilines is 2. The van der Waals surface area contributed by atoms with Gasteiger partial charge >= 0.3 is 0 Å². The molecule has 0 unspecified atom stereocenters. The van der Waals surface area contributed by atoms with E-state index in [0.29, 0.717) is 11.6 Å². The Morgan fingerprint density at radius 2 is 2.13 bits per heavy atom. The predicted octanol–water partition coefficient (Wildman–Crippen LogP) is 4.23. The van der Waals surface area contributed by atoms with Gasteiger partial charge in [-0.15, -0.1) is 11.3 Å². The van der Waals surface area contributed by atoms with Gasteiger partial charge < -0.3 is 10.7 Å². The van der Waals surface area contributed by atoms with Crippen molar-refractivity contribution >= 4 is 61.3 Å². The highest BCUT2D eigenvalue weighted by atomic mass is 32.2. The molecule has 4 heterocycles. The van der Waals surface area contributed by atoms with Crippen LogP contribution in [0.4, 0.5) is 17.3 Å². The minimum Gasteiger partial charge on any atom is -0.324 e. The quantitative estimate of drug-likeness (QED) is 0.297. The number of aryl methyl sites for hydroxylation is 1. The van der Waals surface area contributed by atoms with Crippen molar-refractivity contribution in [2.24, 2.45) is 4.99 Å². The third-order valence-electron chi connectivity index (χ3n) is 6.51. The van der Waals surface area contributed by atoms with Crippen molar-refractivity contribution < 1.29 is 8.42 Å². The van der Waals surface area contributed by atoms with E-state index in [0.717, 1.165) is 38.9 Å². The summed E-state index contributed by atoms with van der Waals surface area (Å²) in [5.74, 6) is 0.421. The standard InChI is InChI=1S/C25H25N9O2S2/c1-3-38(35,36)33-15-25(16-33,7-8-26)34-14-18(13-29-34)22-23-20(6-11-37-23)31-24(32-22)30-19-5-4-17(2)21(12-19)28-10-9-27/h4-6,9-14,27H,3,7,15-16H2,1-2H3,(H,30,31,32)/b27-9?,28-10-. The van der Waals surface area contributed by atoms with E-state index in [2.05, 4.69) is 26.5 Å². The molecule has 0 spiro atoms. The minimum absolute atomic E-state index is 0.0184. The number of aromatic nitrogens is 4. The molecule has 0 aliphatic carbocycles. The van der Waals surface area contributed by atoms with E-state index in [1.54, 1.807) is 17.8 Å². The largest absolute Gasteiger partial charge is 0.324 e. The molecule has 1 fully saturated rings. The summed E-state index contributed by atoms with van der Waals surface area (Å²) in [7, 11) is -3.34. The molecule has 13 heteroatoms. The normalized spacial score (nSPS) is 15.4. The predicted molar refractivity (Wildman–Crippen MR) is 149 cm³/mol. The number of thiophene rings is 1. The molecule has 38 heavy (non-hydrogen) atoms. The summed E-state index contributed by atoms with van der Waals surface area (Å²) >= 11 is 1.52. The number of hydrogen-bond donors (Lipinski definition) is 2. The molecule has 1 aliphatic rings. The maximum absolute atomic E-state index is 12.3. The van der Waals surface area contributed by atoms with Crippen LogP contribution in [0.15, 0.2) is 47.0 Å². The van der Waals surface area contributed by atoms with E-state index < -0.39 is 15.6 Å². The molecule has 0 amide bonds. The van der Waals surface area contributed by atoms with E-state index in [9.17, 15) is 13.7 Å². The van der Waals surface area contributed by atoms with Crippen LogP contribution in [0.5, 0.6) is 0 Å². The zero-order valence-electron chi connectivity index (χ0n) is 20.8. The van der Waals surface area contributed by atoms with Crippen molar-refractivity contribution in [3.05, 3.63) is 47.6 Å². The van der Waals surface area contributed by atoms with Crippen LogP contribution in [0, 0.1) is 23.7 Å². The molecule has 0 atom stereocenters. The van der Waals surface area contributed by atoms with Gasteiger partial charge in [-0.2, -0.15) is 14.7 Å². The number of benzene rings is 1. The van der Waals surface area contributed by atoms with Gasteiger partial charge in [0.2, 0.25) is 16.0 Å². The summed E-state index contributed by atoms with van der Waals surface area (Å²) in [4.78, 5) is 13.7. The molecule has 1 saturated heterocycles. The molecule has 1 aliphatic heterocycles. The number of nitriles is 1. The summed E-state index contributed by atoms with van der Waals surface area (Å²) in [5.41, 5.74) is 3.97. The highest BCUT2D eigenvalue weighted by Crippen LogP contribution is 2.37. The zero-order chi connectivity index (χ0) is 26.9. The van der Waals surface area contributed by atoms with Crippen LogP contribution in [0.3, 0.4) is 0 Å². The van der Waals surface area contributed by atoms with E-state index >= 15 is 0 Å². The second-order valence-corrected chi connectivity index (χ2v) is 12.2. The van der Waals surface area contributed by atoms with Crippen LogP contribution in [-0.2, 0) is 15.6 Å². The molecule has 2 N–H and O–H groups in total. The van der Waals surface area contributed by atoms with Gasteiger partial charge in [-0.1, -0.05) is 6.07 Å². The van der Waals surface area contributed by atoms with Gasteiger partial charge in [-0.3, -0.25) is 9.67 Å². The fraction of sp³-hybridized carbons (Fsp3) is 0.280. The third-order valence-corrected chi connectivity index (χ3v) is 9.19. The number of fused-ring (bicyclic) bond motifs is 1. The Morgan fingerprint density at radius 3 is 2.87 bits per heavy atom. The second-order valence-electron chi connectivity index (χ2n) is 9.00. The molecule has 0 saturated carbocycles. The van der Waals surface area contributed by atoms with Gasteiger partial charge in [0.15, 0.2) is 0 Å². The maximum Gasteiger partial charge on any atom is 0.228 e. The Bertz CT molecular complexity index is 1690. The highest BCUT2D eigenvalue weighted by molar-refractivity contribution is 7.89. The third kappa shape index (κ3) is 4.69. The lowest BCUT2D eigenvalue weighted by Crippen LogP contribution is -2.64. The summed E-state index contributed by atoms with van der Waals surface area (Å²) in [5, 5.41) is 26.4. The smallest absolute Gasteiger partial charge is 0.228 e. The van der Waals surface area contributed by atoms with E-state index in [4.69, 9.17) is 10.4 Å². The maximum atomic E-state index is 12.3. The average molecular weight is 548 g/mol. The van der Waals surface area contributed by atoms with Crippen LogP contribution in [0.25, 0.3) is 21.5 Å². The molecular formula is C25H25N9O2S2. The van der Waals surface area contributed by atoms with Gasteiger partial charge in [0.25, 0.3) is 0 Å². The van der Waals surface area contributed by atoms with Crippen LogP contribution in [0.1, 0.15) is 18.9 Å². The van der Waals surface area contributed by atoms with E-state index in [-0.39, 0.29) is 25.3 Å². The first-order valence-corrected chi connectivity index (χ1v) is 14.3. The molecule has 3 aromatic heterocycles. The summed E-state index contributed by atoms with van der Waals surface area (Å²) in [6, 6.07) is 9.83. The Balaban J connectivity index is 1.48. The van der Waals surface area contributed by atoms with E-state index in [1.807, 2.05) is 42.8 Å². The second kappa shape index (κ2) is 10.1. The van der Waals surface area contributed by atoms with Crippen molar-refractivity contribution in [3.63, 3.8) is 0 Å².